The zero-order valence-electron chi connectivity index (χ0n) is 15.0. The molecule has 1 aromatic carbocycles. The molecule has 6 nitrogen and oxygen atoms in total. The molecule has 0 saturated carbocycles. The summed E-state index contributed by atoms with van der Waals surface area (Å²) in [6, 6.07) is 9.27. The monoisotopic (exact) mass is 395 g/mol. The Kier molecular flexibility index (Phi) is 7.44. The first-order valence-electron chi connectivity index (χ1n) is 8.01. The van der Waals surface area contributed by atoms with Gasteiger partial charge in [-0.15, -0.1) is 11.3 Å². The molecule has 0 aliphatic carbocycles. The number of benzene rings is 1. The van der Waals surface area contributed by atoms with E-state index in [9.17, 15) is 9.59 Å². The fraction of sp³-hybridized carbons (Fsp3) is 0.333. The molecule has 2 amide bonds. The van der Waals surface area contributed by atoms with Crippen molar-refractivity contribution in [3.63, 3.8) is 0 Å². The van der Waals surface area contributed by atoms with Crippen LogP contribution in [0.2, 0.25) is 4.34 Å². The van der Waals surface area contributed by atoms with E-state index in [0.717, 1.165) is 14.8 Å². The zero-order valence-corrected chi connectivity index (χ0v) is 16.5. The predicted octanol–water partition coefficient (Wildman–Crippen LogP) is 2.91. The summed E-state index contributed by atoms with van der Waals surface area (Å²) in [5.41, 5.74) is 1.58. The van der Waals surface area contributed by atoms with Gasteiger partial charge in [0.25, 0.3) is 0 Å². The molecule has 0 bridgehead atoms. The van der Waals surface area contributed by atoms with Crippen molar-refractivity contribution in [3.05, 3.63) is 45.1 Å². The van der Waals surface area contributed by atoms with Crippen molar-refractivity contribution in [2.24, 2.45) is 0 Å². The van der Waals surface area contributed by atoms with Gasteiger partial charge >= 0.3 is 0 Å². The maximum absolute atomic E-state index is 12.1. The van der Waals surface area contributed by atoms with Crippen LogP contribution in [0.5, 0.6) is 5.75 Å². The molecule has 2 aromatic rings. The maximum Gasteiger partial charge on any atom is 0.243 e. The summed E-state index contributed by atoms with van der Waals surface area (Å²) in [5, 5.41) is 5.37. The first kappa shape index (κ1) is 20.2. The van der Waals surface area contributed by atoms with E-state index >= 15 is 0 Å². The van der Waals surface area contributed by atoms with E-state index in [1.165, 1.54) is 11.3 Å². The molecule has 2 rings (SSSR count). The Morgan fingerprint density at radius 3 is 2.65 bits per heavy atom. The van der Waals surface area contributed by atoms with E-state index in [0.29, 0.717) is 18.0 Å². The number of nitrogens with zero attached hydrogens (tertiary/aromatic N) is 1. The molecular formula is C18H22ClN3O3S. The highest BCUT2D eigenvalue weighted by Gasteiger charge is 2.12. The molecule has 0 aliphatic rings. The molecule has 2 N–H and O–H groups in total. The summed E-state index contributed by atoms with van der Waals surface area (Å²) < 4.78 is 5.94. The molecule has 8 heteroatoms. The van der Waals surface area contributed by atoms with Gasteiger partial charge in [-0.2, -0.15) is 0 Å². The Hall–Kier alpha value is -2.09. The second kappa shape index (κ2) is 9.56. The largest absolute Gasteiger partial charge is 0.495 e. The van der Waals surface area contributed by atoms with Crippen molar-refractivity contribution < 1.29 is 14.3 Å². The van der Waals surface area contributed by atoms with Crippen LogP contribution in [0.25, 0.3) is 0 Å². The first-order chi connectivity index (χ1) is 12.4. The number of hydrogen-bond donors (Lipinski definition) is 2. The molecular weight excluding hydrogens is 374 g/mol. The normalized spacial score (nSPS) is 10.7. The third kappa shape index (κ3) is 6.33. The number of carbonyl (C=O) groups excluding carboxylic acids is 2. The Labute approximate surface area is 162 Å². The van der Waals surface area contributed by atoms with Crippen LogP contribution in [0.1, 0.15) is 10.4 Å². The van der Waals surface area contributed by atoms with Crippen LogP contribution >= 0.6 is 22.9 Å². The summed E-state index contributed by atoms with van der Waals surface area (Å²) >= 11 is 7.38. The number of aryl methyl sites for hydroxylation is 1. The van der Waals surface area contributed by atoms with Crippen molar-refractivity contribution in [2.45, 2.75) is 13.5 Å². The quantitative estimate of drug-likeness (QED) is 0.721. The van der Waals surface area contributed by atoms with E-state index in [2.05, 4.69) is 10.6 Å². The molecule has 0 spiro atoms. The van der Waals surface area contributed by atoms with E-state index in [4.69, 9.17) is 16.3 Å². The van der Waals surface area contributed by atoms with Gasteiger partial charge in [-0.05, 0) is 43.8 Å². The van der Waals surface area contributed by atoms with Gasteiger partial charge < -0.3 is 15.4 Å². The molecule has 0 saturated heterocycles. The van der Waals surface area contributed by atoms with Crippen molar-refractivity contribution in [2.75, 3.05) is 32.6 Å². The Morgan fingerprint density at radius 1 is 1.23 bits per heavy atom. The van der Waals surface area contributed by atoms with Gasteiger partial charge in [0.15, 0.2) is 0 Å². The topological polar surface area (TPSA) is 70.7 Å². The minimum absolute atomic E-state index is 0.103. The number of hydrogen-bond acceptors (Lipinski definition) is 5. The summed E-state index contributed by atoms with van der Waals surface area (Å²) in [5.74, 6) is 0.0427. The van der Waals surface area contributed by atoms with Crippen LogP contribution in [0.3, 0.4) is 0 Å². The molecule has 0 fully saturated rings. The van der Waals surface area contributed by atoms with Gasteiger partial charge in [0, 0.05) is 11.4 Å². The Bertz CT molecular complexity index is 779. The average molecular weight is 396 g/mol. The number of likely N-dealkylation sites (N-methyl/N-ethyl adjacent to an activating group) is 1. The standard InChI is InChI=1S/C18H22ClN3O3S/c1-12-4-6-15(25-3)14(8-12)21-17(23)9-20-18(24)11-22(2)10-13-5-7-16(19)26-13/h4-8H,9-11H2,1-3H3,(H,20,24)(H,21,23). The molecule has 0 aliphatic heterocycles. The summed E-state index contributed by atoms with van der Waals surface area (Å²) in [6.07, 6.45) is 0. The number of thiophene rings is 1. The van der Waals surface area contributed by atoms with Crippen molar-refractivity contribution in [3.8, 4) is 5.75 Å². The molecule has 26 heavy (non-hydrogen) atoms. The second-order valence-corrected chi connectivity index (χ2v) is 7.71. The lowest BCUT2D eigenvalue weighted by Crippen LogP contribution is -2.39. The highest BCUT2D eigenvalue weighted by Crippen LogP contribution is 2.25. The summed E-state index contributed by atoms with van der Waals surface area (Å²) in [4.78, 5) is 27.0. The van der Waals surface area contributed by atoms with Crippen LogP contribution in [-0.2, 0) is 16.1 Å². The molecule has 0 atom stereocenters. The number of amides is 2. The van der Waals surface area contributed by atoms with E-state index in [-0.39, 0.29) is 24.9 Å². The number of anilines is 1. The fourth-order valence-corrected chi connectivity index (χ4v) is 3.52. The van der Waals surface area contributed by atoms with Gasteiger partial charge in [-0.3, -0.25) is 14.5 Å². The van der Waals surface area contributed by atoms with E-state index in [1.54, 1.807) is 13.2 Å². The van der Waals surface area contributed by atoms with Crippen molar-refractivity contribution >= 4 is 40.4 Å². The van der Waals surface area contributed by atoms with Crippen LogP contribution in [-0.4, -0.2) is 44.0 Å². The lowest BCUT2D eigenvalue weighted by molar-refractivity contribution is -0.124. The summed E-state index contributed by atoms with van der Waals surface area (Å²) in [7, 11) is 3.38. The number of methoxy groups -OCH3 is 1. The zero-order chi connectivity index (χ0) is 19.1. The lowest BCUT2D eigenvalue weighted by Gasteiger charge is -2.15. The number of rotatable bonds is 8. The average Bonchev–Trinajstić information content (AvgIpc) is 2.98. The minimum atomic E-state index is -0.310. The van der Waals surface area contributed by atoms with Crippen molar-refractivity contribution in [1.82, 2.24) is 10.2 Å². The van der Waals surface area contributed by atoms with Gasteiger partial charge in [0.1, 0.15) is 5.75 Å². The van der Waals surface area contributed by atoms with Gasteiger partial charge in [0.2, 0.25) is 11.8 Å². The lowest BCUT2D eigenvalue weighted by atomic mass is 10.2. The van der Waals surface area contributed by atoms with Crippen LogP contribution < -0.4 is 15.4 Å². The van der Waals surface area contributed by atoms with E-state index in [1.807, 2.05) is 43.1 Å². The smallest absolute Gasteiger partial charge is 0.243 e. The van der Waals surface area contributed by atoms with Gasteiger partial charge in [-0.1, -0.05) is 17.7 Å². The number of ether oxygens (including phenoxy) is 1. The Morgan fingerprint density at radius 2 is 2.00 bits per heavy atom. The van der Waals surface area contributed by atoms with E-state index < -0.39 is 0 Å². The molecule has 0 radical (unpaired) electrons. The minimum Gasteiger partial charge on any atom is -0.495 e. The molecule has 140 valence electrons. The Balaban J connectivity index is 1.78. The highest BCUT2D eigenvalue weighted by atomic mass is 35.5. The van der Waals surface area contributed by atoms with Gasteiger partial charge in [-0.25, -0.2) is 0 Å². The van der Waals surface area contributed by atoms with Crippen LogP contribution in [0.4, 0.5) is 5.69 Å². The number of nitrogens with one attached hydrogen (secondary N) is 2. The third-order valence-electron chi connectivity index (χ3n) is 3.54. The second-order valence-electron chi connectivity index (χ2n) is 5.91. The van der Waals surface area contributed by atoms with Crippen LogP contribution in [0, 0.1) is 6.92 Å². The molecule has 1 aromatic heterocycles. The third-order valence-corrected chi connectivity index (χ3v) is 4.76. The fourth-order valence-electron chi connectivity index (χ4n) is 2.35. The number of halogens is 1. The van der Waals surface area contributed by atoms with Gasteiger partial charge in [0.05, 0.1) is 30.2 Å². The highest BCUT2D eigenvalue weighted by molar-refractivity contribution is 7.16. The van der Waals surface area contributed by atoms with Crippen molar-refractivity contribution in [1.29, 1.82) is 0 Å². The SMILES string of the molecule is COc1ccc(C)cc1NC(=O)CNC(=O)CN(C)Cc1ccc(Cl)s1. The maximum atomic E-state index is 12.1. The summed E-state index contributed by atoms with van der Waals surface area (Å²) in [6.45, 7) is 2.64. The predicted molar refractivity (Wildman–Crippen MR) is 105 cm³/mol. The van der Waals surface area contributed by atoms with Crippen LogP contribution in [0.15, 0.2) is 30.3 Å². The first-order valence-corrected chi connectivity index (χ1v) is 9.20. The molecule has 1 heterocycles. The molecule has 0 unspecified atom stereocenters. The number of carbonyl (C=O) groups is 2.